The largest absolute Gasteiger partial charge is 0.598 e. The molecule has 2 atom stereocenters. The Labute approximate surface area is 133 Å². The molecular formula is C15H20ClN3OS. The van der Waals surface area contributed by atoms with Gasteiger partial charge in [-0.1, -0.05) is 11.6 Å². The van der Waals surface area contributed by atoms with Gasteiger partial charge in [0.1, 0.15) is 4.75 Å². The monoisotopic (exact) mass is 325 g/mol. The summed E-state index contributed by atoms with van der Waals surface area (Å²) in [5.41, 5.74) is 1.93. The van der Waals surface area contributed by atoms with E-state index < -0.39 is 11.4 Å². The number of rotatable bonds is 4. The van der Waals surface area contributed by atoms with E-state index in [9.17, 15) is 4.55 Å². The molecule has 0 aliphatic carbocycles. The summed E-state index contributed by atoms with van der Waals surface area (Å²) in [6.45, 7) is 7.81. The predicted octanol–water partition coefficient (Wildman–Crippen LogP) is 3.64. The molecule has 21 heavy (non-hydrogen) atoms. The van der Waals surface area contributed by atoms with Gasteiger partial charge in [-0.05, 0) is 52.0 Å². The van der Waals surface area contributed by atoms with Crippen molar-refractivity contribution in [3.8, 4) is 5.69 Å². The third-order valence-corrected chi connectivity index (χ3v) is 4.97. The van der Waals surface area contributed by atoms with Crippen molar-refractivity contribution < 1.29 is 4.55 Å². The summed E-state index contributed by atoms with van der Waals surface area (Å²) in [5, 5.41) is 5.04. The minimum Gasteiger partial charge on any atom is -0.598 e. The maximum absolute atomic E-state index is 12.1. The van der Waals surface area contributed by atoms with Gasteiger partial charge in [0, 0.05) is 28.1 Å². The Morgan fingerprint density at radius 3 is 2.48 bits per heavy atom. The molecule has 4 nitrogen and oxygen atoms in total. The van der Waals surface area contributed by atoms with Crippen LogP contribution in [0.2, 0.25) is 5.02 Å². The molecule has 0 amide bonds. The number of nitrogens with zero attached hydrogens (tertiary/aromatic N) is 2. The van der Waals surface area contributed by atoms with E-state index in [4.69, 9.17) is 11.6 Å². The lowest BCUT2D eigenvalue weighted by atomic mass is 10.2. The van der Waals surface area contributed by atoms with E-state index in [0.717, 1.165) is 11.3 Å². The number of nitrogens with one attached hydrogen (secondary N) is 1. The molecule has 1 N–H and O–H groups in total. The lowest BCUT2D eigenvalue weighted by Gasteiger charge is -2.26. The highest BCUT2D eigenvalue weighted by atomic mass is 35.5. The molecule has 2 aromatic rings. The van der Waals surface area contributed by atoms with Crippen LogP contribution in [0.4, 0.5) is 0 Å². The number of hydrogen-bond donors (Lipinski definition) is 1. The van der Waals surface area contributed by atoms with Crippen molar-refractivity contribution in [3.05, 3.63) is 47.2 Å². The van der Waals surface area contributed by atoms with Crippen molar-refractivity contribution >= 4 is 23.0 Å². The molecule has 1 heterocycles. The fraction of sp³-hybridized carbons (Fsp3) is 0.400. The van der Waals surface area contributed by atoms with Gasteiger partial charge in [-0.2, -0.15) is 5.10 Å². The van der Waals surface area contributed by atoms with E-state index >= 15 is 0 Å². The highest BCUT2D eigenvalue weighted by molar-refractivity contribution is 7.90. The lowest BCUT2D eigenvalue weighted by molar-refractivity contribution is 0.531. The molecule has 2 rings (SSSR count). The zero-order valence-corrected chi connectivity index (χ0v) is 14.2. The first kappa shape index (κ1) is 16.4. The fourth-order valence-electron chi connectivity index (χ4n) is 1.70. The van der Waals surface area contributed by atoms with Gasteiger partial charge >= 0.3 is 0 Å². The van der Waals surface area contributed by atoms with Gasteiger partial charge in [0.15, 0.2) is 0 Å². The summed E-state index contributed by atoms with van der Waals surface area (Å²) >= 11 is 4.77. The van der Waals surface area contributed by atoms with Crippen molar-refractivity contribution in [1.29, 1.82) is 0 Å². The first-order valence-electron chi connectivity index (χ1n) is 6.76. The second-order valence-electron chi connectivity index (χ2n) is 5.92. The maximum Gasteiger partial charge on any atom is 0.136 e. The van der Waals surface area contributed by atoms with E-state index in [-0.39, 0.29) is 10.8 Å². The highest BCUT2D eigenvalue weighted by Crippen LogP contribution is 2.20. The Kier molecular flexibility index (Phi) is 4.99. The Morgan fingerprint density at radius 2 is 1.90 bits per heavy atom. The van der Waals surface area contributed by atoms with Gasteiger partial charge in [-0.15, -0.1) is 4.72 Å². The first-order chi connectivity index (χ1) is 9.77. The third kappa shape index (κ3) is 4.23. The van der Waals surface area contributed by atoms with E-state index in [1.54, 1.807) is 10.9 Å². The molecule has 0 spiro atoms. The van der Waals surface area contributed by atoms with Crippen LogP contribution < -0.4 is 4.72 Å². The minimum absolute atomic E-state index is 0.0360. The number of benzene rings is 1. The molecule has 114 valence electrons. The summed E-state index contributed by atoms with van der Waals surface area (Å²) in [6, 6.07) is 7.43. The number of halogens is 1. The third-order valence-electron chi connectivity index (χ3n) is 3.03. The second kappa shape index (κ2) is 6.40. The van der Waals surface area contributed by atoms with E-state index in [1.165, 1.54) is 0 Å². The Morgan fingerprint density at radius 1 is 1.29 bits per heavy atom. The normalized spacial score (nSPS) is 15.0. The molecule has 1 aromatic carbocycles. The van der Waals surface area contributed by atoms with E-state index in [0.29, 0.717) is 5.02 Å². The van der Waals surface area contributed by atoms with Crippen molar-refractivity contribution in [2.45, 2.75) is 38.5 Å². The van der Waals surface area contributed by atoms with Crippen LogP contribution in [0.3, 0.4) is 0 Å². The zero-order valence-electron chi connectivity index (χ0n) is 12.6. The number of aromatic nitrogens is 2. The predicted molar refractivity (Wildman–Crippen MR) is 88.0 cm³/mol. The van der Waals surface area contributed by atoms with Gasteiger partial charge < -0.3 is 4.55 Å². The van der Waals surface area contributed by atoms with Crippen LogP contribution >= 0.6 is 11.6 Å². The van der Waals surface area contributed by atoms with Crippen LogP contribution in [0.5, 0.6) is 0 Å². The van der Waals surface area contributed by atoms with E-state index in [2.05, 4.69) is 9.82 Å². The standard InChI is InChI=1S/C15H20ClN3OS/c1-11(18-21(20)15(2,3)4)12-9-17-19(10-12)14-7-5-13(16)6-8-14/h5-11,18H,1-4H3/t11-,21?/m0/s1. The molecule has 0 saturated carbocycles. The Hall–Kier alpha value is -1.01. The average molecular weight is 326 g/mol. The molecule has 0 aliphatic heterocycles. The van der Waals surface area contributed by atoms with Crippen LogP contribution in [0, 0.1) is 0 Å². The zero-order chi connectivity index (χ0) is 15.6. The summed E-state index contributed by atoms with van der Waals surface area (Å²) in [4.78, 5) is 0. The maximum atomic E-state index is 12.1. The van der Waals surface area contributed by atoms with E-state index in [1.807, 2.05) is 58.2 Å². The smallest absolute Gasteiger partial charge is 0.136 e. The number of hydrogen-bond acceptors (Lipinski definition) is 3. The first-order valence-corrected chi connectivity index (χ1v) is 8.29. The Bertz CT molecular complexity index is 592. The van der Waals surface area contributed by atoms with Crippen molar-refractivity contribution in [1.82, 2.24) is 14.5 Å². The quantitative estimate of drug-likeness (QED) is 0.873. The molecular weight excluding hydrogens is 306 g/mol. The average Bonchev–Trinajstić information content (AvgIpc) is 2.88. The Balaban J connectivity index is 2.10. The van der Waals surface area contributed by atoms with Crippen LogP contribution in [-0.4, -0.2) is 19.1 Å². The molecule has 1 unspecified atom stereocenters. The minimum atomic E-state index is -1.11. The van der Waals surface area contributed by atoms with Crippen molar-refractivity contribution in [2.75, 3.05) is 0 Å². The lowest BCUT2D eigenvalue weighted by Crippen LogP contribution is -2.40. The summed E-state index contributed by atoms with van der Waals surface area (Å²) in [7, 11) is 0. The topological polar surface area (TPSA) is 52.9 Å². The molecule has 0 radical (unpaired) electrons. The molecule has 1 aromatic heterocycles. The van der Waals surface area contributed by atoms with Crippen LogP contribution in [0.1, 0.15) is 39.3 Å². The summed E-state index contributed by atoms with van der Waals surface area (Å²) < 4.78 is 16.7. The molecule has 0 aliphatic rings. The van der Waals surface area contributed by atoms with Gasteiger partial charge in [-0.3, -0.25) is 0 Å². The molecule has 6 heteroatoms. The van der Waals surface area contributed by atoms with Gasteiger partial charge in [0.05, 0.1) is 17.9 Å². The van der Waals surface area contributed by atoms with Crippen LogP contribution in [0.25, 0.3) is 5.69 Å². The van der Waals surface area contributed by atoms with Gasteiger partial charge in [-0.25, -0.2) is 4.68 Å². The van der Waals surface area contributed by atoms with Gasteiger partial charge in [0.25, 0.3) is 0 Å². The van der Waals surface area contributed by atoms with Crippen molar-refractivity contribution in [3.63, 3.8) is 0 Å². The molecule has 0 bridgehead atoms. The molecule has 0 fully saturated rings. The van der Waals surface area contributed by atoms with Gasteiger partial charge in [0.2, 0.25) is 0 Å². The second-order valence-corrected chi connectivity index (χ2v) is 8.35. The molecule has 0 saturated heterocycles. The summed E-state index contributed by atoms with van der Waals surface area (Å²) in [6.07, 6.45) is 3.72. The SMILES string of the molecule is C[C@H](N[S+]([O-])C(C)(C)C)c1cnn(-c2ccc(Cl)cc2)c1. The fourth-order valence-corrected chi connectivity index (χ4v) is 2.64. The summed E-state index contributed by atoms with van der Waals surface area (Å²) in [5.74, 6) is 0. The van der Waals surface area contributed by atoms with Crippen molar-refractivity contribution in [2.24, 2.45) is 0 Å². The van der Waals surface area contributed by atoms with Crippen LogP contribution in [0.15, 0.2) is 36.7 Å². The highest BCUT2D eigenvalue weighted by Gasteiger charge is 2.28. The van der Waals surface area contributed by atoms with Crippen LogP contribution in [-0.2, 0) is 11.4 Å².